The van der Waals surface area contributed by atoms with E-state index in [0.29, 0.717) is 43.7 Å². The third-order valence-corrected chi connectivity index (χ3v) is 3.10. The zero-order valence-corrected chi connectivity index (χ0v) is 10.9. The van der Waals surface area contributed by atoms with Gasteiger partial charge >= 0.3 is 0 Å². The molecule has 0 aliphatic carbocycles. The number of aromatic nitrogens is 2. The highest BCUT2D eigenvalue weighted by Gasteiger charge is 2.22. The zero-order chi connectivity index (χ0) is 13.0. The van der Waals surface area contributed by atoms with Crippen molar-refractivity contribution < 1.29 is 13.9 Å². The molecule has 100 valence electrons. The van der Waals surface area contributed by atoms with Crippen LogP contribution in [0.3, 0.4) is 0 Å². The maximum absolute atomic E-state index is 12.0. The third kappa shape index (κ3) is 3.29. The van der Waals surface area contributed by atoms with Crippen molar-refractivity contribution in [1.82, 2.24) is 15.1 Å². The quantitative estimate of drug-likeness (QED) is 0.783. The van der Waals surface area contributed by atoms with Crippen molar-refractivity contribution in [1.29, 1.82) is 0 Å². The standard InChI is InChI=1S/C12H19N3O3/c1-3-10-13-14-11(18-10)7-15(2)12(16)6-9-4-5-17-8-9/h9H,3-8H2,1-2H3/t9-/m0/s1. The van der Waals surface area contributed by atoms with Gasteiger partial charge in [-0.2, -0.15) is 0 Å². The lowest BCUT2D eigenvalue weighted by Crippen LogP contribution is -2.28. The Kier molecular flexibility index (Phi) is 4.30. The van der Waals surface area contributed by atoms with Crippen LogP contribution in [0.25, 0.3) is 0 Å². The molecule has 0 aromatic carbocycles. The first kappa shape index (κ1) is 13.0. The molecule has 18 heavy (non-hydrogen) atoms. The second-order valence-corrected chi connectivity index (χ2v) is 4.63. The van der Waals surface area contributed by atoms with Crippen LogP contribution in [-0.4, -0.2) is 41.3 Å². The first-order chi connectivity index (χ1) is 8.69. The summed E-state index contributed by atoms with van der Waals surface area (Å²) in [6.07, 6.45) is 2.22. The van der Waals surface area contributed by atoms with Gasteiger partial charge in [0.05, 0.1) is 6.54 Å². The van der Waals surface area contributed by atoms with E-state index in [2.05, 4.69) is 10.2 Å². The first-order valence-corrected chi connectivity index (χ1v) is 6.32. The van der Waals surface area contributed by atoms with E-state index >= 15 is 0 Å². The third-order valence-electron chi connectivity index (χ3n) is 3.10. The van der Waals surface area contributed by atoms with Gasteiger partial charge in [-0.1, -0.05) is 6.92 Å². The molecule has 1 saturated heterocycles. The van der Waals surface area contributed by atoms with Gasteiger partial charge in [-0.05, 0) is 12.3 Å². The number of ether oxygens (including phenoxy) is 1. The molecule has 0 unspecified atom stereocenters. The van der Waals surface area contributed by atoms with E-state index in [-0.39, 0.29) is 5.91 Å². The molecule has 2 heterocycles. The fourth-order valence-electron chi connectivity index (χ4n) is 1.93. The van der Waals surface area contributed by atoms with Crippen LogP contribution in [0.4, 0.5) is 0 Å². The summed E-state index contributed by atoms with van der Waals surface area (Å²) in [7, 11) is 1.76. The Morgan fingerprint density at radius 2 is 2.22 bits per heavy atom. The van der Waals surface area contributed by atoms with Gasteiger partial charge in [0.15, 0.2) is 0 Å². The molecular weight excluding hydrogens is 234 g/mol. The summed E-state index contributed by atoms with van der Waals surface area (Å²) >= 11 is 0. The Morgan fingerprint density at radius 1 is 1.44 bits per heavy atom. The largest absolute Gasteiger partial charge is 0.423 e. The predicted molar refractivity (Wildman–Crippen MR) is 63.7 cm³/mol. The molecular formula is C12H19N3O3. The van der Waals surface area contributed by atoms with Crippen molar-refractivity contribution >= 4 is 5.91 Å². The number of hydrogen-bond donors (Lipinski definition) is 0. The number of aryl methyl sites for hydroxylation is 1. The Hall–Kier alpha value is -1.43. The molecule has 0 saturated carbocycles. The first-order valence-electron chi connectivity index (χ1n) is 6.32. The molecule has 0 N–H and O–H groups in total. The van der Waals surface area contributed by atoms with Crippen molar-refractivity contribution in [3.05, 3.63) is 11.8 Å². The summed E-state index contributed by atoms with van der Waals surface area (Å²) in [6, 6.07) is 0. The van der Waals surface area contributed by atoms with E-state index in [1.165, 1.54) is 0 Å². The number of carbonyl (C=O) groups excluding carboxylic acids is 1. The summed E-state index contributed by atoms with van der Waals surface area (Å²) in [5.41, 5.74) is 0. The summed E-state index contributed by atoms with van der Waals surface area (Å²) in [4.78, 5) is 13.6. The maximum atomic E-state index is 12.0. The van der Waals surface area contributed by atoms with Crippen LogP contribution in [0.2, 0.25) is 0 Å². The molecule has 1 aromatic heterocycles. The average Bonchev–Trinajstić information content (AvgIpc) is 3.00. The SMILES string of the molecule is CCc1nnc(CN(C)C(=O)C[C@@H]2CCOC2)o1. The molecule has 1 atom stereocenters. The van der Waals surface area contributed by atoms with Crippen LogP contribution in [0, 0.1) is 5.92 Å². The molecule has 1 aliphatic rings. The molecule has 2 rings (SSSR count). The van der Waals surface area contributed by atoms with Crippen LogP contribution in [0.1, 0.15) is 31.5 Å². The molecule has 6 heteroatoms. The maximum Gasteiger partial charge on any atom is 0.235 e. The van der Waals surface area contributed by atoms with Crippen molar-refractivity contribution in [2.24, 2.45) is 5.92 Å². The Balaban J connectivity index is 1.82. The molecule has 1 aromatic rings. The average molecular weight is 253 g/mol. The van der Waals surface area contributed by atoms with Gasteiger partial charge < -0.3 is 14.1 Å². The van der Waals surface area contributed by atoms with E-state index in [1.54, 1.807) is 11.9 Å². The lowest BCUT2D eigenvalue weighted by atomic mass is 10.0. The van der Waals surface area contributed by atoms with Crippen molar-refractivity contribution in [3.63, 3.8) is 0 Å². The topological polar surface area (TPSA) is 68.5 Å². The van der Waals surface area contributed by atoms with E-state index in [0.717, 1.165) is 13.0 Å². The lowest BCUT2D eigenvalue weighted by Gasteiger charge is -2.16. The minimum absolute atomic E-state index is 0.0988. The highest BCUT2D eigenvalue weighted by molar-refractivity contribution is 5.76. The fourth-order valence-corrected chi connectivity index (χ4v) is 1.93. The summed E-state index contributed by atoms with van der Waals surface area (Å²) in [6.45, 7) is 3.79. The number of rotatable bonds is 5. The number of nitrogens with zero attached hydrogens (tertiary/aromatic N) is 3. The summed E-state index contributed by atoms with van der Waals surface area (Å²) < 4.78 is 10.6. The summed E-state index contributed by atoms with van der Waals surface area (Å²) in [5.74, 6) is 1.55. The van der Waals surface area contributed by atoms with Crippen molar-refractivity contribution in [2.45, 2.75) is 32.7 Å². The zero-order valence-electron chi connectivity index (χ0n) is 10.9. The number of carbonyl (C=O) groups is 1. The highest BCUT2D eigenvalue weighted by atomic mass is 16.5. The minimum atomic E-state index is 0.0988. The number of hydrogen-bond acceptors (Lipinski definition) is 5. The lowest BCUT2D eigenvalue weighted by molar-refractivity contribution is -0.131. The Labute approximate surface area is 106 Å². The fraction of sp³-hybridized carbons (Fsp3) is 0.750. The molecule has 6 nitrogen and oxygen atoms in total. The van der Waals surface area contributed by atoms with Crippen LogP contribution >= 0.6 is 0 Å². The van der Waals surface area contributed by atoms with Gasteiger partial charge in [0, 0.05) is 33.1 Å². The Morgan fingerprint density at radius 3 is 2.83 bits per heavy atom. The molecule has 0 radical (unpaired) electrons. The van der Waals surface area contributed by atoms with Gasteiger partial charge in [0.1, 0.15) is 0 Å². The second-order valence-electron chi connectivity index (χ2n) is 4.63. The molecule has 0 spiro atoms. The van der Waals surface area contributed by atoms with Crippen LogP contribution in [0.5, 0.6) is 0 Å². The van der Waals surface area contributed by atoms with Gasteiger partial charge in [0.2, 0.25) is 17.7 Å². The van der Waals surface area contributed by atoms with Gasteiger partial charge in [0.25, 0.3) is 0 Å². The van der Waals surface area contributed by atoms with E-state index in [9.17, 15) is 4.79 Å². The Bertz CT molecular complexity index is 399. The second kappa shape index (κ2) is 5.95. The smallest absolute Gasteiger partial charge is 0.235 e. The van der Waals surface area contributed by atoms with Crippen molar-refractivity contribution in [2.75, 3.05) is 20.3 Å². The molecule has 1 aliphatic heterocycles. The van der Waals surface area contributed by atoms with Gasteiger partial charge in [-0.15, -0.1) is 10.2 Å². The molecule has 0 bridgehead atoms. The molecule has 1 fully saturated rings. The van der Waals surface area contributed by atoms with Crippen LogP contribution in [0.15, 0.2) is 4.42 Å². The molecule has 1 amide bonds. The normalized spacial score (nSPS) is 19.1. The van der Waals surface area contributed by atoms with E-state index < -0.39 is 0 Å². The highest BCUT2D eigenvalue weighted by Crippen LogP contribution is 2.17. The predicted octanol–water partition coefficient (Wildman–Crippen LogP) is 1.02. The van der Waals surface area contributed by atoms with Gasteiger partial charge in [-0.3, -0.25) is 4.79 Å². The van der Waals surface area contributed by atoms with Crippen LogP contribution in [-0.2, 0) is 22.5 Å². The summed E-state index contributed by atoms with van der Waals surface area (Å²) in [5, 5.41) is 7.78. The van der Waals surface area contributed by atoms with E-state index in [1.807, 2.05) is 6.92 Å². The monoisotopic (exact) mass is 253 g/mol. The van der Waals surface area contributed by atoms with E-state index in [4.69, 9.17) is 9.15 Å². The minimum Gasteiger partial charge on any atom is -0.423 e. The number of amides is 1. The van der Waals surface area contributed by atoms with Gasteiger partial charge in [-0.25, -0.2) is 0 Å². The van der Waals surface area contributed by atoms with Crippen LogP contribution < -0.4 is 0 Å². The van der Waals surface area contributed by atoms with Crippen molar-refractivity contribution in [3.8, 4) is 0 Å².